The van der Waals surface area contributed by atoms with E-state index in [1.54, 1.807) is 0 Å². The zero-order valence-electron chi connectivity index (χ0n) is 16.7. The molecule has 172 valence electrons. The predicted octanol–water partition coefficient (Wildman–Crippen LogP) is 1.52. The Balaban J connectivity index is 1.78. The molecule has 0 aliphatic carbocycles. The average molecular weight is 482 g/mol. The lowest BCUT2D eigenvalue weighted by molar-refractivity contribution is -0.161. The minimum Gasteiger partial charge on any atom is -0.462 e. The third-order valence-corrected chi connectivity index (χ3v) is 6.54. The van der Waals surface area contributed by atoms with Crippen molar-refractivity contribution in [3.63, 3.8) is 0 Å². The molecule has 1 fully saturated rings. The molecule has 2 aromatic heterocycles. The van der Waals surface area contributed by atoms with Crippen LogP contribution in [0.1, 0.15) is 18.2 Å². The zero-order valence-corrected chi connectivity index (χ0v) is 18.3. The maximum atomic E-state index is 12.5. The SMILES string of the molecule is CCc1cc2c(N3CCN(C(=O)CC(F)(F)F)CC3)nc(OCCS(N)(=O)=O)nc2s1. The topological polar surface area (TPSA) is 119 Å². The fourth-order valence-corrected chi connectivity index (χ4v) is 4.39. The molecule has 0 spiro atoms. The van der Waals surface area contributed by atoms with Gasteiger partial charge in [-0.25, -0.2) is 13.6 Å². The molecule has 0 unspecified atom stereocenters. The molecule has 1 saturated heterocycles. The summed E-state index contributed by atoms with van der Waals surface area (Å²) in [6.07, 6.45) is -5.23. The van der Waals surface area contributed by atoms with Crippen LogP contribution in [0.5, 0.6) is 6.01 Å². The second-order valence-electron chi connectivity index (χ2n) is 6.99. The number of primary sulfonamides is 1. The molecule has 0 atom stereocenters. The molecular weight excluding hydrogens is 459 g/mol. The first-order valence-electron chi connectivity index (χ1n) is 9.48. The number of carbonyl (C=O) groups excluding carboxylic acids is 1. The molecule has 3 rings (SSSR count). The monoisotopic (exact) mass is 481 g/mol. The molecule has 14 heteroatoms. The summed E-state index contributed by atoms with van der Waals surface area (Å²) in [4.78, 5) is 25.4. The Morgan fingerprint density at radius 2 is 1.94 bits per heavy atom. The fourth-order valence-electron chi connectivity index (χ4n) is 3.12. The van der Waals surface area contributed by atoms with Crippen LogP contribution in [0, 0.1) is 0 Å². The van der Waals surface area contributed by atoms with Gasteiger partial charge in [-0.2, -0.15) is 23.1 Å². The highest BCUT2D eigenvalue weighted by Gasteiger charge is 2.34. The van der Waals surface area contributed by atoms with Gasteiger partial charge >= 0.3 is 12.2 Å². The lowest BCUT2D eigenvalue weighted by Gasteiger charge is -2.35. The number of piperazine rings is 1. The lowest BCUT2D eigenvalue weighted by Crippen LogP contribution is -2.49. The average Bonchev–Trinajstić information content (AvgIpc) is 3.08. The smallest absolute Gasteiger partial charge is 0.397 e. The molecule has 0 aromatic carbocycles. The van der Waals surface area contributed by atoms with E-state index < -0.39 is 34.3 Å². The van der Waals surface area contributed by atoms with E-state index in [4.69, 9.17) is 9.88 Å². The molecule has 31 heavy (non-hydrogen) atoms. The molecule has 3 heterocycles. The number of aryl methyl sites for hydroxylation is 1. The quantitative estimate of drug-likeness (QED) is 0.637. The van der Waals surface area contributed by atoms with Crippen LogP contribution < -0.4 is 14.8 Å². The summed E-state index contributed by atoms with van der Waals surface area (Å²) in [5.74, 6) is -0.806. The number of nitrogens with zero attached hydrogens (tertiary/aromatic N) is 4. The summed E-state index contributed by atoms with van der Waals surface area (Å²) >= 11 is 1.45. The van der Waals surface area contributed by atoms with Crippen molar-refractivity contribution in [3.05, 3.63) is 10.9 Å². The van der Waals surface area contributed by atoms with Crippen molar-refractivity contribution in [2.24, 2.45) is 5.14 Å². The molecule has 1 aliphatic rings. The van der Waals surface area contributed by atoms with Crippen molar-refractivity contribution < 1.29 is 31.1 Å². The van der Waals surface area contributed by atoms with Crippen LogP contribution >= 0.6 is 11.3 Å². The highest BCUT2D eigenvalue weighted by atomic mass is 32.2. The second kappa shape index (κ2) is 9.12. The molecule has 2 N–H and O–H groups in total. The van der Waals surface area contributed by atoms with Gasteiger partial charge in [0.25, 0.3) is 0 Å². The predicted molar refractivity (Wildman–Crippen MR) is 110 cm³/mol. The van der Waals surface area contributed by atoms with Crippen LogP contribution in [-0.2, 0) is 21.2 Å². The second-order valence-corrected chi connectivity index (χ2v) is 9.84. The van der Waals surface area contributed by atoms with Crippen molar-refractivity contribution in [2.45, 2.75) is 25.9 Å². The van der Waals surface area contributed by atoms with Crippen LogP contribution in [0.2, 0.25) is 0 Å². The Bertz CT molecular complexity index is 1050. The summed E-state index contributed by atoms with van der Waals surface area (Å²) in [5.41, 5.74) is 0. The Kier molecular flexibility index (Phi) is 6.91. The molecule has 1 amide bonds. The summed E-state index contributed by atoms with van der Waals surface area (Å²) < 4.78 is 65.1. The van der Waals surface area contributed by atoms with E-state index in [-0.39, 0.29) is 25.7 Å². The van der Waals surface area contributed by atoms with E-state index in [9.17, 15) is 26.4 Å². The van der Waals surface area contributed by atoms with Crippen molar-refractivity contribution in [2.75, 3.05) is 43.4 Å². The van der Waals surface area contributed by atoms with Gasteiger partial charge in [-0.05, 0) is 12.5 Å². The van der Waals surface area contributed by atoms with E-state index in [1.807, 2.05) is 17.9 Å². The molecular formula is C17H22F3N5O4S2. The third kappa shape index (κ3) is 6.40. The molecule has 0 radical (unpaired) electrons. The van der Waals surface area contributed by atoms with Gasteiger partial charge in [0.05, 0.1) is 11.1 Å². The highest BCUT2D eigenvalue weighted by Crippen LogP contribution is 2.33. The number of sulfonamides is 1. The zero-order chi connectivity index (χ0) is 22.8. The van der Waals surface area contributed by atoms with Gasteiger partial charge in [0.1, 0.15) is 23.7 Å². The van der Waals surface area contributed by atoms with Gasteiger partial charge in [-0.3, -0.25) is 4.79 Å². The lowest BCUT2D eigenvalue weighted by atomic mass is 10.2. The molecule has 0 bridgehead atoms. The number of anilines is 1. The number of alkyl halides is 3. The number of thiophene rings is 1. The van der Waals surface area contributed by atoms with Crippen LogP contribution in [0.3, 0.4) is 0 Å². The summed E-state index contributed by atoms with van der Waals surface area (Å²) in [6.45, 7) is 2.63. The third-order valence-electron chi connectivity index (χ3n) is 4.63. The normalized spacial score (nSPS) is 15.5. The van der Waals surface area contributed by atoms with Crippen molar-refractivity contribution in [3.8, 4) is 6.01 Å². The number of nitrogens with two attached hydrogens (primary N) is 1. The summed E-state index contributed by atoms with van der Waals surface area (Å²) in [5, 5.41) is 5.75. The molecule has 9 nitrogen and oxygen atoms in total. The van der Waals surface area contributed by atoms with Crippen molar-refractivity contribution in [1.82, 2.24) is 14.9 Å². The number of fused-ring (bicyclic) bond motifs is 1. The van der Waals surface area contributed by atoms with Crippen molar-refractivity contribution in [1.29, 1.82) is 0 Å². The Morgan fingerprint density at radius 3 is 2.52 bits per heavy atom. The van der Waals surface area contributed by atoms with Crippen molar-refractivity contribution >= 4 is 43.3 Å². The van der Waals surface area contributed by atoms with E-state index in [0.29, 0.717) is 23.7 Å². The number of hydrogen-bond donors (Lipinski definition) is 1. The van der Waals surface area contributed by atoms with Gasteiger partial charge in [-0.1, -0.05) is 6.92 Å². The van der Waals surface area contributed by atoms with Crippen LogP contribution in [-0.4, -0.2) is 73.9 Å². The minimum atomic E-state index is -4.54. The molecule has 0 saturated carbocycles. The number of hydrogen-bond acceptors (Lipinski definition) is 8. The maximum Gasteiger partial charge on any atom is 0.397 e. The first-order valence-corrected chi connectivity index (χ1v) is 12.0. The minimum absolute atomic E-state index is 0.00812. The molecule has 2 aromatic rings. The standard InChI is InChI=1S/C17H22F3N5O4S2/c1-2-11-9-12-14(22-16(23-15(12)30-11)29-7-8-31(21,27)28)25-5-3-24(4-6-25)13(26)10-17(18,19)20/h9H,2-8,10H2,1H3,(H2,21,27,28). The van der Waals surface area contributed by atoms with Gasteiger partial charge in [0.2, 0.25) is 15.9 Å². The fraction of sp³-hybridized carbons (Fsp3) is 0.588. The van der Waals surface area contributed by atoms with Gasteiger partial charge in [0.15, 0.2) is 0 Å². The van der Waals surface area contributed by atoms with E-state index in [1.165, 1.54) is 16.2 Å². The first-order chi connectivity index (χ1) is 14.4. The number of rotatable bonds is 7. The van der Waals surface area contributed by atoms with Crippen LogP contribution in [0.4, 0.5) is 19.0 Å². The number of halogens is 3. The molecule has 1 aliphatic heterocycles. The van der Waals surface area contributed by atoms with Gasteiger partial charge < -0.3 is 14.5 Å². The summed E-state index contributed by atoms with van der Waals surface area (Å²) in [7, 11) is -3.70. The first kappa shape index (κ1) is 23.5. The van der Waals surface area contributed by atoms with Gasteiger partial charge in [-0.15, -0.1) is 11.3 Å². The maximum absolute atomic E-state index is 12.5. The number of carbonyl (C=O) groups is 1. The number of aromatic nitrogens is 2. The Labute approximate surface area is 181 Å². The van der Waals surface area contributed by atoms with Gasteiger partial charge in [0, 0.05) is 31.1 Å². The Hall–Kier alpha value is -2.19. The van der Waals surface area contributed by atoms with E-state index in [2.05, 4.69) is 9.97 Å². The van der Waals surface area contributed by atoms with Crippen LogP contribution in [0.15, 0.2) is 6.07 Å². The highest BCUT2D eigenvalue weighted by molar-refractivity contribution is 7.89. The summed E-state index contributed by atoms with van der Waals surface area (Å²) in [6, 6.07) is 1.94. The largest absolute Gasteiger partial charge is 0.462 e. The Morgan fingerprint density at radius 1 is 1.26 bits per heavy atom. The van der Waals surface area contributed by atoms with E-state index >= 15 is 0 Å². The van der Waals surface area contributed by atoms with E-state index in [0.717, 1.165) is 16.7 Å². The number of ether oxygens (including phenoxy) is 1. The number of amides is 1. The van der Waals surface area contributed by atoms with Crippen LogP contribution in [0.25, 0.3) is 10.2 Å².